The maximum absolute atomic E-state index is 13.2. The minimum absolute atomic E-state index is 0.0169. The third kappa shape index (κ3) is 4.14. The minimum atomic E-state index is -0.442. The van der Waals surface area contributed by atoms with Gasteiger partial charge in [-0.05, 0) is 67.1 Å². The number of para-hydroxylation sites is 1. The Morgan fingerprint density at radius 3 is 2.61 bits per heavy atom. The molecule has 0 N–H and O–H groups in total. The number of hydrogen-bond donors (Lipinski definition) is 0. The van der Waals surface area contributed by atoms with Crippen molar-refractivity contribution >= 4 is 46.6 Å². The van der Waals surface area contributed by atoms with E-state index in [1.54, 1.807) is 30.3 Å². The van der Waals surface area contributed by atoms with Crippen LogP contribution in [-0.2, 0) is 16.1 Å². The van der Waals surface area contributed by atoms with Crippen LogP contribution in [0, 0.1) is 13.8 Å². The van der Waals surface area contributed by atoms with Gasteiger partial charge in [-0.25, -0.2) is 4.79 Å². The zero-order valence-corrected chi connectivity index (χ0v) is 21.2. The van der Waals surface area contributed by atoms with Gasteiger partial charge < -0.3 is 18.8 Å². The van der Waals surface area contributed by atoms with Gasteiger partial charge in [-0.15, -0.1) is 0 Å². The number of hydrogen-bond acceptors (Lipinski definition) is 7. The predicted molar refractivity (Wildman–Crippen MR) is 136 cm³/mol. The van der Waals surface area contributed by atoms with E-state index in [-0.39, 0.29) is 18.6 Å². The number of halogens is 1. The molecule has 36 heavy (non-hydrogen) atoms. The Kier molecular flexibility index (Phi) is 6.27. The Morgan fingerprint density at radius 2 is 1.86 bits per heavy atom. The first-order valence-corrected chi connectivity index (χ1v) is 12.2. The van der Waals surface area contributed by atoms with E-state index in [4.69, 9.17) is 25.8 Å². The fraction of sp³-hybridized carbons (Fsp3) is 0.192. The molecular weight excluding hydrogens is 504 g/mol. The second kappa shape index (κ2) is 9.40. The molecule has 0 spiro atoms. The van der Waals surface area contributed by atoms with Crippen molar-refractivity contribution < 1.29 is 28.6 Å². The van der Waals surface area contributed by atoms with Gasteiger partial charge in [0.05, 0.1) is 29.8 Å². The highest BCUT2D eigenvalue weighted by atomic mass is 35.5. The number of aromatic nitrogens is 1. The molecule has 0 saturated carbocycles. The van der Waals surface area contributed by atoms with E-state index >= 15 is 0 Å². The Morgan fingerprint density at radius 1 is 1.14 bits per heavy atom. The standard InChI is InChI=1S/C26H21ClN2O6S/c1-14-8-16(15(2)29(14)20-7-5-4-6-18(20)25(31)33-3)10-23-24(30)28(26(32)36-23)12-17-9-21-22(11-19(17)27)35-13-34-21/h4-11H,12-13H2,1-3H3/b23-10-. The lowest BCUT2D eigenvalue weighted by atomic mass is 10.1. The number of aryl methyl sites for hydroxylation is 1. The number of amides is 2. The number of rotatable bonds is 5. The second-order valence-corrected chi connectivity index (χ2v) is 9.64. The number of ether oxygens (including phenoxy) is 3. The maximum atomic E-state index is 13.2. The summed E-state index contributed by atoms with van der Waals surface area (Å²) in [6.07, 6.45) is 1.70. The third-order valence-electron chi connectivity index (χ3n) is 6.05. The average molecular weight is 525 g/mol. The number of carbonyl (C=O) groups is 3. The fourth-order valence-electron chi connectivity index (χ4n) is 4.28. The smallest absolute Gasteiger partial charge is 0.339 e. The van der Waals surface area contributed by atoms with Gasteiger partial charge in [-0.2, -0.15) is 0 Å². The van der Waals surface area contributed by atoms with Crippen LogP contribution in [0.1, 0.15) is 32.9 Å². The van der Waals surface area contributed by atoms with Crippen molar-refractivity contribution in [3.8, 4) is 17.2 Å². The van der Waals surface area contributed by atoms with Crippen molar-refractivity contribution in [1.29, 1.82) is 0 Å². The summed E-state index contributed by atoms with van der Waals surface area (Å²) in [6.45, 7) is 3.92. The third-order valence-corrected chi connectivity index (χ3v) is 7.31. The SMILES string of the molecule is COC(=O)c1ccccc1-n1c(C)cc(/C=C2\SC(=O)N(Cc3cc4c(cc3Cl)OCO4)C2=O)c1C. The highest BCUT2D eigenvalue weighted by Crippen LogP contribution is 2.40. The highest BCUT2D eigenvalue weighted by molar-refractivity contribution is 8.18. The number of thioether (sulfide) groups is 1. The first-order valence-electron chi connectivity index (χ1n) is 11.0. The van der Waals surface area contributed by atoms with Crippen molar-refractivity contribution in [3.05, 3.63) is 80.5 Å². The number of methoxy groups -OCH3 is 1. The molecule has 0 radical (unpaired) electrons. The summed E-state index contributed by atoms with van der Waals surface area (Å²) in [5, 5.41) is -0.0000699. The van der Waals surface area contributed by atoms with E-state index in [2.05, 4.69) is 0 Å². The Balaban J connectivity index is 1.45. The summed E-state index contributed by atoms with van der Waals surface area (Å²) in [6, 6.07) is 12.4. The molecule has 184 valence electrons. The molecule has 1 saturated heterocycles. The summed E-state index contributed by atoms with van der Waals surface area (Å²) >= 11 is 7.23. The van der Waals surface area contributed by atoms with Gasteiger partial charge in [-0.3, -0.25) is 14.5 Å². The molecule has 3 aromatic rings. The molecule has 8 nitrogen and oxygen atoms in total. The number of fused-ring (bicyclic) bond motifs is 1. The number of carbonyl (C=O) groups excluding carboxylic acids is 3. The number of imide groups is 1. The van der Waals surface area contributed by atoms with Crippen LogP contribution in [0.4, 0.5) is 4.79 Å². The summed E-state index contributed by atoms with van der Waals surface area (Å²) in [7, 11) is 1.34. The molecule has 3 heterocycles. The topological polar surface area (TPSA) is 87.1 Å². The van der Waals surface area contributed by atoms with E-state index in [0.29, 0.717) is 38.2 Å². The lowest BCUT2D eigenvalue weighted by Gasteiger charge is -2.14. The van der Waals surface area contributed by atoms with Crippen molar-refractivity contribution in [3.63, 3.8) is 0 Å². The monoisotopic (exact) mass is 524 g/mol. The normalized spacial score (nSPS) is 15.8. The lowest BCUT2D eigenvalue weighted by molar-refractivity contribution is -0.123. The molecule has 2 aromatic carbocycles. The number of esters is 1. The van der Waals surface area contributed by atoms with E-state index < -0.39 is 11.9 Å². The number of benzene rings is 2. The van der Waals surface area contributed by atoms with Crippen LogP contribution < -0.4 is 9.47 Å². The maximum Gasteiger partial charge on any atom is 0.339 e. The van der Waals surface area contributed by atoms with Gasteiger partial charge >= 0.3 is 5.97 Å². The van der Waals surface area contributed by atoms with Gasteiger partial charge in [0.2, 0.25) is 6.79 Å². The molecule has 5 rings (SSSR count). The fourth-order valence-corrected chi connectivity index (χ4v) is 5.33. The van der Waals surface area contributed by atoms with Crippen LogP contribution in [0.15, 0.2) is 47.4 Å². The quantitative estimate of drug-likeness (QED) is 0.322. The van der Waals surface area contributed by atoms with E-state index in [1.807, 2.05) is 36.6 Å². The Labute approximate surface area is 216 Å². The Hall–Kier alpha value is -3.69. The van der Waals surface area contributed by atoms with Crippen molar-refractivity contribution in [2.75, 3.05) is 13.9 Å². The molecule has 0 bridgehead atoms. The van der Waals surface area contributed by atoms with E-state index in [1.165, 1.54) is 7.11 Å². The van der Waals surface area contributed by atoms with Crippen molar-refractivity contribution in [2.45, 2.75) is 20.4 Å². The molecule has 2 aliphatic rings. The largest absolute Gasteiger partial charge is 0.465 e. The van der Waals surface area contributed by atoms with E-state index in [0.717, 1.165) is 33.6 Å². The van der Waals surface area contributed by atoms with E-state index in [9.17, 15) is 14.4 Å². The van der Waals surface area contributed by atoms with Crippen molar-refractivity contribution in [2.24, 2.45) is 0 Å². The predicted octanol–water partition coefficient (Wildman–Crippen LogP) is 5.50. The first kappa shape index (κ1) is 24.0. The molecule has 10 heteroatoms. The minimum Gasteiger partial charge on any atom is -0.465 e. The van der Waals surface area contributed by atoms with Crippen LogP contribution in [-0.4, -0.2) is 40.5 Å². The molecule has 1 aromatic heterocycles. The summed E-state index contributed by atoms with van der Waals surface area (Å²) in [4.78, 5) is 39.7. The summed E-state index contributed by atoms with van der Waals surface area (Å²) in [5.74, 6) is 0.208. The van der Waals surface area contributed by atoms with Crippen LogP contribution in [0.2, 0.25) is 5.02 Å². The lowest BCUT2D eigenvalue weighted by Crippen LogP contribution is -2.27. The van der Waals surface area contributed by atoms with Crippen LogP contribution >= 0.6 is 23.4 Å². The Bertz CT molecular complexity index is 1460. The summed E-state index contributed by atoms with van der Waals surface area (Å²) in [5.41, 5.74) is 4.12. The molecule has 0 atom stereocenters. The number of nitrogens with zero attached hydrogens (tertiary/aromatic N) is 2. The average Bonchev–Trinajstić information content (AvgIpc) is 3.50. The van der Waals surface area contributed by atoms with Gasteiger partial charge in [0.15, 0.2) is 11.5 Å². The van der Waals surface area contributed by atoms with Crippen LogP contribution in [0.5, 0.6) is 11.5 Å². The highest BCUT2D eigenvalue weighted by Gasteiger charge is 2.36. The second-order valence-electron chi connectivity index (χ2n) is 8.24. The summed E-state index contributed by atoms with van der Waals surface area (Å²) < 4.78 is 17.6. The van der Waals surface area contributed by atoms with Gasteiger partial charge in [-0.1, -0.05) is 23.7 Å². The zero-order valence-electron chi connectivity index (χ0n) is 19.7. The molecular formula is C26H21ClN2O6S. The van der Waals surface area contributed by atoms with Crippen LogP contribution in [0.25, 0.3) is 11.8 Å². The van der Waals surface area contributed by atoms with Crippen LogP contribution in [0.3, 0.4) is 0 Å². The zero-order chi connectivity index (χ0) is 25.6. The molecule has 2 aliphatic heterocycles. The van der Waals surface area contributed by atoms with Gasteiger partial charge in [0.25, 0.3) is 11.1 Å². The molecule has 0 aliphatic carbocycles. The van der Waals surface area contributed by atoms with Crippen molar-refractivity contribution in [1.82, 2.24) is 9.47 Å². The first-order chi connectivity index (χ1) is 17.3. The molecule has 2 amide bonds. The molecule has 1 fully saturated rings. The van der Waals surface area contributed by atoms with Gasteiger partial charge in [0.1, 0.15) is 0 Å². The molecule has 0 unspecified atom stereocenters. The van der Waals surface area contributed by atoms with Gasteiger partial charge in [0, 0.05) is 22.5 Å².